The fourth-order valence-corrected chi connectivity index (χ4v) is 1.44. The van der Waals surface area contributed by atoms with Gasteiger partial charge in [0.05, 0.1) is 16.9 Å². The summed E-state index contributed by atoms with van der Waals surface area (Å²) in [6.45, 7) is 0. The molecule has 0 fully saturated rings. The predicted octanol–water partition coefficient (Wildman–Crippen LogP) is 1.97. The maximum Gasteiger partial charge on any atom is 0.284 e. The fourth-order valence-electron chi connectivity index (χ4n) is 1.26. The number of imidazole rings is 1. The van der Waals surface area contributed by atoms with Gasteiger partial charge in [-0.15, -0.1) is 0 Å². The van der Waals surface area contributed by atoms with E-state index in [-0.39, 0.29) is 10.8 Å². The number of halogens is 2. The summed E-state index contributed by atoms with van der Waals surface area (Å²) in [6, 6.07) is 4.21. The van der Waals surface area contributed by atoms with Crippen LogP contribution in [-0.2, 0) is 0 Å². The van der Waals surface area contributed by atoms with Gasteiger partial charge in [0, 0.05) is 5.56 Å². The molecule has 0 aliphatic rings. The molecule has 3 N–H and O–H groups in total. The number of nitrogens with one attached hydrogen (secondary N) is 1. The summed E-state index contributed by atoms with van der Waals surface area (Å²) in [5.41, 5.74) is 6.22. The van der Waals surface area contributed by atoms with E-state index in [0.717, 1.165) is 0 Å². The fraction of sp³-hybridized carbons (Fsp3) is 0. The summed E-state index contributed by atoms with van der Waals surface area (Å²) >= 11 is 5.63. The van der Waals surface area contributed by atoms with E-state index in [1.54, 1.807) is 0 Å². The van der Waals surface area contributed by atoms with E-state index in [9.17, 15) is 9.18 Å². The van der Waals surface area contributed by atoms with Crippen molar-refractivity contribution in [3.8, 4) is 11.3 Å². The average molecular weight is 240 g/mol. The molecule has 0 aliphatic heterocycles. The Hall–Kier alpha value is -1.88. The van der Waals surface area contributed by atoms with Crippen molar-refractivity contribution < 1.29 is 9.18 Å². The molecule has 1 aromatic carbocycles. The van der Waals surface area contributed by atoms with Crippen molar-refractivity contribution in [3.05, 3.63) is 41.1 Å². The number of primary amides is 1. The standard InChI is InChI=1S/C10H7ClFN3O/c11-6-3-5(1-2-7(6)12)8-4-14-10(15-8)9(13)16/h1-4H,(H2,13,16)(H,14,15). The number of amides is 1. The first-order valence-corrected chi connectivity index (χ1v) is 4.76. The van der Waals surface area contributed by atoms with Crippen molar-refractivity contribution in [2.24, 2.45) is 5.73 Å². The van der Waals surface area contributed by atoms with Crippen LogP contribution in [0.3, 0.4) is 0 Å². The highest BCUT2D eigenvalue weighted by molar-refractivity contribution is 6.31. The van der Waals surface area contributed by atoms with Gasteiger partial charge >= 0.3 is 0 Å². The van der Waals surface area contributed by atoms with Crippen LogP contribution in [0, 0.1) is 5.82 Å². The molecule has 0 radical (unpaired) electrons. The molecule has 0 aliphatic carbocycles. The lowest BCUT2D eigenvalue weighted by molar-refractivity contribution is 0.0991. The molecule has 2 aromatic rings. The minimum atomic E-state index is -0.653. The van der Waals surface area contributed by atoms with E-state index in [1.807, 2.05) is 0 Å². The molecule has 0 spiro atoms. The Balaban J connectivity index is 2.42. The summed E-state index contributed by atoms with van der Waals surface area (Å²) in [5.74, 6) is -1.10. The van der Waals surface area contributed by atoms with Gasteiger partial charge in [-0.2, -0.15) is 0 Å². The van der Waals surface area contributed by atoms with Crippen LogP contribution in [0.2, 0.25) is 5.02 Å². The summed E-state index contributed by atoms with van der Waals surface area (Å²) in [5, 5.41) is 0.00715. The number of carbonyl (C=O) groups is 1. The zero-order valence-electron chi connectivity index (χ0n) is 8.00. The molecule has 0 unspecified atom stereocenters. The van der Waals surface area contributed by atoms with Gasteiger partial charge in [0.1, 0.15) is 5.82 Å². The highest BCUT2D eigenvalue weighted by Crippen LogP contribution is 2.23. The Bertz CT molecular complexity index is 553. The van der Waals surface area contributed by atoms with Gasteiger partial charge in [0.2, 0.25) is 0 Å². The zero-order valence-corrected chi connectivity index (χ0v) is 8.75. The van der Waals surface area contributed by atoms with Crippen LogP contribution in [0.15, 0.2) is 24.4 Å². The monoisotopic (exact) mass is 239 g/mol. The van der Waals surface area contributed by atoms with E-state index < -0.39 is 11.7 Å². The van der Waals surface area contributed by atoms with Gasteiger partial charge in [-0.05, 0) is 18.2 Å². The second-order valence-corrected chi connectivity index (χ2v) is 3.55. The first-order chi connectivity index (χ1) is 7.58. The Kier molecular flexibility index (Phi) is 2.62. The molecule has 0 saturated heterocycles. The SMILES string of the molecule is NC(=O)c1ncc(-c2ccc(F)c(Cl)c2)[nH]1. The number of aromatic amines is 1. The van der Waals surface area contributed by atoms with E-state index in [1.165, 1.54) is 24.4 Å². The number of nitrogens with two attached hydrogens (primary N) is 1. The minimum absolute atomic E-state index is 0.00715. The average Bonchev–Trinajstić information content (AvgIpc) is 2.71. The maximum atomic E-state index is 12.9. The van der Waals surface area contributed by atoms with Crippen LogP contribution in [0.5, 0.6) is 0 Å². The van der Waals surface area contributed by atoms with Crippen LogP contribution < -0.4 is 5.73 Å². The molecule has 2 rings (SSSR count). The Morgan fingerprint density at radius 2 is 2.25 bits per heavy atom. The molecule has 1 aromatic heterocycles. The third-order valence-electron chi connectivity index (χ3n) is 2.04. The molecule has 0 bridgehead atoms. The van der Waals surface area contributed by atoms with Crippen molar-refractivity contribution in [3.63, 3.8) is 0 Å². The van der Waals surface area contributed by atoms with Gasteiger partial charge in [0.15, 0.2) is 5.82 Å². The Morgan fingerprint density at radius 1 is 1.50 bits per heavy atom. The van der Waals surface area contributed by atoms with Gasteiger partial charge in [-0.1, -0.05) is 11.6 Å². The molecule has 6 heteroatoms. The number of hydrogen-bond donors (Lipinski definition) is 2. The number of aromatic nitrogens is 2. The van der Waals surface area contributed by atoms with Gasteiger partial charge in [0.25, 0.3) is 5.91 Å². The summed E-state index contributed by atoms with van der Waals surface area (Å²) in [7, 11) is 0. The number of H-pyrrole nitrogens is 1. The molecular formula is C10H7ClFN3O. The molecule has 4 nitrogen and oxygen atoms in total. The molecule has 16 heavy (non-hydrogen) atoms. The molecule has 0 saturated carbocycles. The Labute approximate surface area is 95.3 Å². The second-order valence-electron chi connectivity index (χ2n) is 3.14. The lowest BCUT2D eigenvalue weighted by atomic mass is 10.2. The summed E-state index contributed by atoms with van der Waals surface area (Å²) in [4.78, 5) is 17.3. The zero-order chi connectivity index (χ0) is 11.7. The van der Waals surface area contributed by atoms with Crippen molar-refractivity contribution >= 4 is 17.5 Å². The normalized spacial score (nSPS) is 10.4. The highest BCUT2D eigenvalue weighted by atomic mass is 35.5. The molecule has 0 atom stereocenters. The molecule has 1 heterocycles. The summed E-state index contributed by atoms with van der Waals surface area (Å²) in [6.07, 6.45) is 1.43. The van der Waals surface area contributed by atoms with Crippen LogP contribution in [0.4, 0.5) is 4.39 Å². The lowest BCUT2D eigenvalue weighted by Crippen LogP contribution is -2.12. The van der Waals surface area contributed by atoms with Gasteiger partial charge in [-0.25, -0.2) is 9.37 Å². The second kappa shape index (κ2) is 3.94. The minimum Gasteiger partial charge on any atom is -0.363 e. The lowest BCUT2D eigenvalue weighted by Gasteiger charge is -1.99. The molecule has 82 valence electrons. The van der Waals surface area contributed by atoms with E-state index in [2.05, 4.69) is 9.97 Å². The van der Waals surface area contributed by atoms with Gasteiger partial charge < -0.3 is 10.7 Å². The van der Waals surface area contributed by atoms with E-state index >= 15 is 0 Å². The molecule has 1 amide bonds. The number of nitrogens with zero attached hydrogens (tertiary/aromatic N) is 1. The van der Waals surface area contributed by atoms with Crippen molar-refractivity contribution in [1.29, 1.82) is 0 Å². The highest BCUT2D eigenvalue weighted by Gasteiger charge is 2.08. The van der Waals surface area contributed by atoms with E-state index in [0.29, 0.717) is 11.3 Å². The van der Waals surface area contributed by atoms with E-state index in [4.69, 9.17) is 17.3 Å². The van der Waals surface area contributed by atoms with Crippen LogP contribution in [0.1, 0.15) is 10.6 Å². The largest absolute Gasteiger partial charge is 0.363 e. The number of carbonyl (C=O) groups excluding carboxylic acids is 1. The van der Waals surface area contributed by atoms with Crippen LogP contribution in [-0.4, -0.2) is 15.9 Å². The third kappa shape index (κ3) is 1.90. The van der Waals surface area contributed by atoms with Crippen molar-refractivity contribution in [2.45, 2.75) is 0 Å². The number of rotatable bonds is 2. The van der Waals surface area contributed by atoms with Crippen molar-refractivity contribution in [2.75, 3.05) is 0 Å². The topological polar surface area (TPSA) is 71.8 Å². The smallest absolute Gasteiger partial charge is 0.284 e. The van der Waals surface area contributed by atoms with Crippen LogP contribution >= 0.6 is 11.6 Å². The quantitative estimate of drug-likeness (QED) is 0.841. The summed E-state index contributed by atoms with van der Waals surface area (Å²) < 4.78 is 12.9. The number of hydrogen-bond acceptors (Lipinski definition) is 2. The Morgan fingerprint density at radius 3 is 2.81 bits per heavy atom. The maximum absolute atomic E-state index is 12.9. The predicted molar refractivity (Wildman–Crippen MR) is 57.5 cm³/mol. The van der Waals surface area contributed by atoms with Crippen molar-refractivity contribution in [1.82, 2.24) is 9.97 Å². The molecular weight excluding hydrogens is 233 g/mol. The number of benzene rings is 1. The third-order valence-corrected chi connectivity index (χ3v) is 2.33. The van der Waals surface area contributed by atoms with Gasteiger partial charge in [-0.3, -0.25) is 4.79 Å². The first-order valence-electron chi connectivity index (χ1n) is 4.38. The van der Waals surface area contributed by atoms with Crippen LogP contribution in [0.25, 0.3) is 11.3 Å². The first kappa shape index (κ1) is 10.6.